The third-order valence-corrected chi connectivity index (χ3v) is 7.64. The summed E-state index contributed by atoms with van der Waals surface area (Å²) in [4.78, 5) is 19.1. The number of nitrogens with zero attached hydrogens (tertiary/aromatic N) is 3. The summed E-state index contributed by atoms with van der Waals surface area (Å²) in [5, 5.41) is 2.22. The van der Waals surface area contributed by atoms with Gasteiger partial charge in [0.05, 0.1) is 16.5 Å². The zero-order valence-electron chi connectivity index (χ0n) is 20.7. The third kappa shape index (κ3) is 5.11. The Labute approximate surface area is 227 Å². The van der Waals surface area contributed by atoms with Gasteiger partial charge in [0.1, 0.15) is 17.7 Å². The van der Waals surface area contributed by atoms with E-state index in [2.05, 4.69) is 65.8 Å². The second kappa shape index (κ2) is 10.1. The fraction of sp³-hybridized carbons (Fsp3) is 0.357. The fourth-order valence-corrected chi connectivity index (χ4v) is 6.15. The van der Waals surface area contributed by atoms with Gasteiger partial charge in [-0.3, -0.25) is 4.98 Å². The first-order chi connectivity index (χ1) is 17.2. The molecule has 0 fully saturated rings. The summed E-state index contributed by atoms with van der Waals surface area (Å²) in [5.41, 5.74) is 4.15. The molecule has 1 aliphatic rings. The molecule has 0 atom stereocenters. The minimum absolute atomic E-state index is 0.240. The van der Waals surface area contributed by atoms with Gasteiger partial charge in [0.15, 0.2) is 5.75 Å². The maximum atomic E-state index is 12.7. The number of aromatic nitrogens is 2. The van der Waals surface area contributed by atoms with E-state index >= 15 is 0 Å². The van der Waals surface area contributed by atoms with Crippen molar-refractivity contribution in [3.8, 4) is 5.75 Å². The van der Waals surface area contributed by atoms with Crippen molar-refractivity contribution in [3.63, 3.8) is 0 Å². The molecule has 0 saturated heterocycles. The topological polar surface area (TPSA) is 56.6 Å². The molecule has 0 bridgehead atoms. The molecule has 1 amide bonds. The van der Waals surface area contributed by atoms with Crippen LogP contribution in [0.2, 0.25) is 0 Å². The summed E-state index contributed by atoms with van der Waals surface area (Å²) in [5.74, 6) is 0.747. The van der Waals surface area contributed by atoms with Crippen molar-refractivity contribution >= 4 is 59.8 Å². The van der Waals surface area contributed by atoms with Gasteiger partial charge >= 0.3 is 6.09 Å². The summed E-state index contributed by atoms with van der Waals surface area (Å²) >= 11 is 7.25. The van der Waals surface area contributed by atoms with Crippen LogP contribution in [0.4, 0.5) is 4.79 Å². The van der Waals surface area contributed by atoms with Crippen LogP contribution >= 0.6 is 31.9 Å². The lowest BCUT2D eigenvalue weighted by molar-refractivity contribution is 0.0258. The van der Waals surface area contributed by atoms with Crippen molar-refractivity contribution in [3.05, 3.63) is 68.9 Å². The number of pyridine rings is 1. The predicted octanol–water partition coefficient (Wildman–Crippen LogP) is 7.13. The van der Waals surface area contributed by atoms with Gasteiger partial charge in [0, 0.05) is 35.3 Å². The lowest BCUT2D eigenvalue weighted by Crippen LogP contribution is -2.38. The van der Waals surface area contributed by atoms with E-state index in [9.17, 15) is 4.79 Å². The predicted molar refractivity (Wildman–Crippen MR) is 150 cm³/mol. The van der Waals surface area contributed by atoms with Crippen LogP contribution in [0.25, 0.3) is 21.8 Å². The SMILES string of the molecule is CC(C)(C)OC(=O)N1CCc2ccc3ccn(CCOc4c(Br)cc(Br)c5cccnc45)c3c2CC1. The van der Waals surface area contributed by atoms with Gasteiger partial charge in [-0.2, -0.15) is 0 Å². The van der Waals surface area contributed by atoms with Crippen molar-refractivity contribution in [2.45, 2.75) is 45.8 Å². The standard InChI is InChI=1S/C28H29Br2N3O3/c1-28(2,3)36-27(34)33-13-8-18-6-7-19-9-12-32(25(19)20(18)10-14-33)15-16-35-26-23(30)17-22(29)21-5-4-11-31-24(21)26/h4-7,9,11-12,17H,8,10,13-16H2,1-3H3. The molecule has 8 heteroatoms. The van der Waals surface area contributed by atoms with Crippen molar-refractivity contribution in [2.24, 2.45) is 0 Å². The zero-order valence-corrected chi connectivity index (χ0v) is 23.9. The monoisotopic (exact) mass is 613 g/mol. The molecule has 6 nitrogen and oxygen atoms in total. The minimum Gasteiger partial charge on any atom is -0.488 e. The molecular weight excluding hydrogens is 586 g/mol. The van der Waals surface area contributed by atoms with Crippen molar-refractivity contribution in [2.75, 3.05) is 19.7 Å². The van der Waals surface area contributed by atoms with Gasteiger partial charge in [-0.1, -0.05) is 34.1 Å². The van der Waals surface area contributed by atoms with Crippen LogP contribution in [0.3, 0.4) is 0 Å². The fourth-order valence-electron chi connectivity index (χ4n) is 4.77. The summed E-state index contributed by atoms with van der Waals surface area (Å²) < 4.78 is 16.0. The van der Waals surface area contributed by atoms with Gasteiger partial charge < -0.3 is 18.9 Å². The van der Waals surface area contributed by atoms with E-state index in [1.54, 1.807) is 6.20 Å². The maximum absolute atomic E-state index is 12.7. The summed E-state index contributed by atoms with van der Waals surface area (Å²) in [6, 6.07) is 12.5. The average Bonchev–Trinajstić information content (AvgIpc) is 3.10. The molecule has 36 heavy (non-hydrogen) atoms. The second-order valence-corrected chi connectivity index (χ2v) is 11.7. The van der Waals surface area contributed by atoms with Crippen LogP contribution in [-0.2, 0) is 24.1 Å². The number of hydrogen-bond acceptors (Lipinski definition) is 4. The van der Waals surface area contributed by atoms with Crippen LogP contribution in [0.15, 0.2) is 57.7 Å². The van der Waals surface area contributed by atoms with Crippen LogP contribution in [-0.4, -0.2) is 45.8 Å². The lowest BCUT2D eigenvalue weighted by Gasteiger charge is -2.26. The van der Waals surface area contributed by atoms with Crippen LogP contribution in [0, 0.1) is 0 Å². The quantitative estimate of drug-likeness (QED) is 0.245. The number of carbonyl (C=O) groups is 1. The Morgan fingerprint density at radius 3 is 2.69 bits per heavy atom. The first-order valence-electron chi connectivity index (χ1n) is 12.1. The summed E-state index contributed by atoms with van der Waals surface area (Å²) in [6.07, 6.45) is 5.27. The Hall–Kier alpha value is -2.58. The van der Waals surface area contributed by atoms with Gasteiger partial charge in [-0.25, -0.2) is 4.79 Å². The maximum Gasteiger partial charge on any atom is 0.410 e. The molecule has 3 heterocycles. The molecule has 0 saturated carbocycles. The van der Waals surface area contributed by atoms with Gasteiger partial charge in [0.2, 0.25) is 0 Å². The van der Waals surface area contributed by atoms with E-state index in [0.29, 0.717) is 26.2 Å². The van der Waals surface area contributed by atoms with Gasteiger partial charge in [-0.15, -0.1) is 0 Å². The number of halogens is 2. The molecule has 0 spiro atoms. The number of benzene rings is 2. The molecule has 0 unspecified atom stereocenters. The molecule has 0 N–H and O–H groups in total. The molecular formula is C28H29Br2N3O3. The Morgan fingerprint density at radius 2 is 1.89 bits per heavy atom. The highest BCUT2D eigenvalue weighted by Gasteiger charge is 2.25. The Balaban J connectivity index is 1.36. The number of hydrogen-bond donors (Lipinski definition) is 0. The lowest BCUT2D eigenvalue weighted by atomic mass is 10.00. The van der Waals surface area contributed by atoms with Crippen LogP contribution in [0.1, 0.15) is 31.9 Å². The largest absolute Gasteiger partial charge is 0.488 e. The van der Waals surface area contributed by atoms with E-state index < -0.39 is 5.60 Å². The van der Waals surface area contributed by atoms with Crippen molar-refractivity contribution in [1.82, 2.24) is 14.5 Å². The van der Waals surface area contributed by atoms with E-state index in [1.807, 2.05) is 43.9 Å². The van der Waals surface area contributed by atoms with E-state index in [0.717, 1.165) is 38.4 Å². The average molecular weight is 615 g/mol. The normalized spacial score (nSPS) is 14.1. The highest BCUT2D eigenvalue weighted by molar-refractivity contribution is 9.11. The molecule has 2 aromatic carbocycles. The van der Waals surface area contributed by atoms with Gasteiger partial charge in [-0.05, 0) is 84.3 Å². The minimum atomic E-state index is -0.497. The molecule has 0 radical (unpaired) electrons. The Morgan fingerprint density at radius 1 is 1.08 bits per heavy atom. The van der Waals surface area contributed by atoms with Gasteiger partial charge in [0.25, 0.3) is 0 Å². The van der Waals surface area contributed by atoms with Crippen molar-refractivity contribution in [1.29, 1.82) is 0 Å². The van der Waals surface area contributed by atoms with Crippen molar-refractivity contribution < 1.29 is 14.3 Å². The number of fused-ring (bicyclic) bond motifs is 4. The third-order valence-electron chi connectivity index (χ3n) is 6.40. The van der Waals surface area contributed by atoms with E-state index in [1.165, 1.54) is 22.0 Å². The summed E-state index contributed by atoms with van der Waals surface area (Å²) in [6.45, 7) is 8.22. The molecule has 5 rings (SSSR count). The number of ether oxygens (including phenoxy) is 2. The first-order valence-corrected chi connectivity index (χ1v) is 13.7. The highest BCUT2D eigenvalue weighted by Crippen LogP contribution is 2.37. The zero-order chi connectivity index (χ0) is 25.4. The van der Waals surface area contributed by atoms with Crippen LogP contribution < -0.4 is 4.74 Å². The number of rotatable bonds is 4. The van der Waals surface area contributed by atoms with Crippen LogP contribution in [0.5, 0.6) is 5.75 Å². The molecule has 188 valence electrons. The Bertz CT molecular complexity index is 1440. The first kappa shape index (κ1) is 25.1. The number of amides is 1. The Kier molecular flexibility index (Phi) is 7.01. The molecule has 2 aromatic heterocycles. The smallest absolute Gasteiger partial charge is 0.410 e. The summed E-state index contributed by atoms with van der Waals surface area (Å²) in [7, 11) is 0. The number of carbonyl (C=O) groups excluding carboxylic acids is 1. The highest BCUT2D eigenvalue weighted by atomic mass is 79.9. The second-order valence-electron chi connectivity index (χ2n) is 10.0. The molecule has 0 aliphatic carbocycles. The molecule has 1 aliphatic heterocycles. The molecule has 4 aromatic rings. The van der Waals surface area contributed by atoms with E-state index in [4.69, 9.17) is 9.47 Å². The van der Waals surface area contributed by atoms with E-state index in [-0.39, 0.29) is 6.09 Å².